The van der Waals surface area contributed by atoms with E-state index in [-0.39, 0.29) is 0 Å². The van der Waals surface area contributed by atoms with E-state index in [0.29, 0.717) is 11.1 Å². The number of thiol groups is 1. The zero-order valence-electron chi connectivity index (χ0n) is 14.4. The van der Waals surface area contributed by atoms with E-state index in [1.165, 1.54) is 0 Å². The van der Waals surface area contributed by atoms with E-state index >= 15 is 0 Å². The number of hydrogen-bond donors (Lipinski definition) is 2. The Kier molecular flexibility index (Phi) is 3.81. The minimum Gasteiger partial charge on any atom is -0.305 e. The summed E-state index contributed by atoms with van der Waals surface area (Å²) in [4.78, 5) is 17.2. The van der Waals surface area contributed by atoms with Crippen LogP contribution in [0.5, 0.6) is 0 Å². The van der Waals surface area contributed by atoms with Crippen molar-refractivity contribution < 1.29 is 9.00 Å². The number of aryl methyl sites for hydroxylation is 2. The Balaban J connectivity index is 1.41. The highest BCUT2D eigenvalue weighted by molar-refractivity contribution is 7.75. The molecule has 0 aromatic carbocycles. The fraction of sp³-hybridized carbons (Fsp3) is 0.500. The zero-order chi connectivity index (χ0) is 17.7. The van der Waals surface area contributed by atoms with Gasteiger partial charge in [-0.05, 0) is 68.6 Å². The van der Waals surface area contributed by atoms with Gasteiger partial charge in [0.1, 0.15) is 0 Å². The second-order valence-electron chi connectivity index (χ2n) is 7.23. The lowest BCUT2D eigenvalue weighted by molar-refractivity contribution is 0.260. The molecule has 5 rings (SSSR count). The first kappa shape index (κ1) is 16.0. The van der Waals surface area contributed by atoms with Crippen molar-refractivity contribution in [3.63, 3.8) is 0 Å². The van der Waals surface area contributed by atoms with Crippen molar-refractivity contribution in [3.05, 3.63) is 34.8 Å². The Morgan fingerprint density at radius 1 is 1.15 bits per heavy atom. The van der Waals surface area contributed by atoms with Crippen LogP contribution in [0.2, 0.25) is 0 Å². The highest BCUT2D eigenvalue weighted by Crippen LogP contribution is 2.36. The molecule has 3 aliphatic carbocycles. The van der Waals surface area contributed by atoms with Gasteiger partial charge < -0.3 is 5.32 Å². The van der Waals surface area contributed by atoms with Crippen LogP contribution in [0.4, 0.5) is 10.5 Å². The Morgan fingerprint density at radius 2 is 1.85 bits per heavy atom. The number of hydrogen-bond acceptors (Lipinski definition) is 4. The summed E-state index contributed by atoms with van der Waals surface area (Å²) < 4.78 is 18.1. The molecule has 26 heavy (non-hydrogen) atoms. The summed E-state index contributed by atoms with van der Waals surface area (Å²) in [6, 6.07) is 1.56. The van der Waals surface area contributed by atoms with Gasteiger partial charge in [-0.2, -0.15) is 5.10 Å². The van der Waals surface area contributed by atoms with E-state index in [2.05, 4.69) is 14.8 Å². The average Bonchev–Trinajstić information content (AvgIpc) is 3.06. The number of nitrogens with zero attached hydrogens (tertiary/aromatic N) is 4. The molecule has 3 aliphatic rings. The summed E-state index contributed by atoms with van der Waals surface area (Å²) in [5, 5.41) is 7.59. The van der Waals surface area contributed by atoms with Gasteiger partial charge in [0.2, 0.25) is 0 Å². The number of anilines is 1. The second kappa shape index (κ2) is 6.19. The molecule has 1 atom stereocenters. The van der Waals surface area contributed by atoms with Gasteiger partial charge in [-0.3, -0.25) is 9.67 Å². The minimum absolute atomic E-state index is 0.368. The number of urea groups is 1. The number of carbonyl (C=O) groups excluding carboxylic acids is 1. The highest BCUT2D eigenvalue weighted by Gasteiger charge is 2.27. The highest BCUT2D eigenvalue weighted by atomic mass is 32.2. The van der Waals surface area contributed by atoms with Crippen molar-refractivity contribution in [2.24, 2.45) is 4.36 Å². The number of aromatic nitrogens is 3. The van der Waals surface area contributed by atoms with Gasteiger partial charge in [-0.1, -0.05) is 0 Å². The molecule has 0 bridgehead atoms. The van der Waals surface area contributed by atoms with Crippen LogP contribution in [0.15, 0.2) is 21.7 Å². The Bertz CT molecular complexity index is 953. The van der Waals surface area contributed by atoms with Crippen molar-refractivity contribution in [2.45, 2.75) is 62.4 Å². The normalized spacial score (nSPS) is 19.4. The molecular formula is C18H21N5O2S. The van der Waals surface area contributed by atoms with Crippen LogP contribution in [0.3, 0.4) is 0 Å². The van der Waals surface area contributed by atoms with Gasteiger partial charge in [-0.15, -0.1) is 4.36 Å². The SMILES string of the molecule is O=C(/N=[SH](=O)/c1ccn(C2CC2)n1)Nc1c2c(nc3c1CCC3)CCC2. The summed E-state index contributed by atoms with van der Waals surface area (Å²) in [6.45, 7) is 0. The second-order valence-corrected chi connectivity index (χ2v) is 8.44. The summed E-state index contributed by atoms with van der Waals surface area (Å²) >= 11 is 0. The molecule has 0 radical (unpaired) electrons. The number of amides is 2. The van der Waals surface area contributed by atoms with Crippen molar-refractivity contribution in [1.29, 1.82) is 0 Å². The van der Waals surface area contributed by atoms with Crippen molar-refractivity contribution in [2.75, 3.05) is 5.32 Å². The van der Waals surface area contributed by atoms with Crippen LogP contribution in [0, 0.1) is 0 Å². The molecule has 2 amide bonds. The summed E-state index contributed by atoms with van der Waals surface area (Å²) in [6.07, 6.45) is 9.96. The third kappa shape index (κ3) is 2.82. The topological polar surface area (TPSA) is 89.2 Å². The Labute approximate surface area is 153 Å². The number of rotatable bonds is 3. The van der Waals surface area contributed by atoms with E-state index in [9.17, 15) is 9.00 Å². The molecule has 136 valence electrons. The molecule has 8 heteroatoms. The molecule has 7 nitrogen and oxygen atoms in total. The van der Waals surface area contributed by atoms with Gasteiger partial charge in [0, 0.05) is 17.6 Å². The van der Waals surface area contributed by atoms with Gasteiger partial charge in [0.25, 0.3) is 0 Å². The van der Waals surface area contributed by atoms with Crippen LogP contribution in [-0.4, -0.2) is 25.0 Å². The zero-order valence-corrected chi connectivity index (χ0v) is 15.3. The molecule has 2 heterocycles. The minimum atomic E-state index is -2.18. The smallest absolute Gasteiger partial charge is 0.305 e. The van der Waals surface area contributed by atoms with Crippen molar-refractivity contribution in [3.8, 4) is 0 Å². The van der Waals surface area contributed by atoms with Gasteiger partial charge in [0.05, 0.1) is 22.3 Å². The predicted octanol–water partition coefficient (Wildman–Crippen LogP) is 2.85. The first-order chi connectivity index (χ1) is 12.7. The quantitative estimate of drug-likeness (QED) is 0.812. The molecular weight excluding hydrogens is 350 g/mol. The predicted molar refractivity (Wildman–Crippen MR) is 98.0 cm³/mol. The Hall–Kier alpha value is -2.22. The van der Waals surface area contributed by atoms with E-state index in [0.717, 1.165) is 79.6 Å². The van der Waals surface area contributed by atoms with Crippen LogP contribution in [0.1, 0.15) is 54.2 Å². The molecule has 1 N–H and O–H groups in total. The van der Waals surface area contributed by atoms with E-state index < -0.39 is 16.6 Å². The fourth-order valence-corrected chi connectivity index (χ4v) is 4.67. The van der Waals surface area contributed by atoms with Crippen LogP contribution in [0.25, 0.3) is 0 Å². The molecule has 2 aromatic rings. The summed E-state index contributed by atoms with van der Waals surface area (Å²) in [5.41, 5.74) is 5.37. The van der Waals surface area contributed by atoms with Gasteiger partial charge >= 0.3 is 6.03 Å². The average molecular weight is 371 g/mol. The summed E-state index contributed by atoms with van der Waals surface area (Å²) in [7, 11) is -2.18. The number of pyridine rings is 1. The Morgan fingerprint density at radius 3 is 2.50 bits per heavy atom. The standard InChI is InChI=1S/C18H21N5O2S/c24-18(22-26(25)16-9-10-23(21-16)11-7-8-11)20-17-12-3-1-5-14(12)19-15-6-2-4-13(15)17/h9-11,26H,1-8H2,(H,19,20,24). The third-order valence-corrected chi connectivity index (χ3v) is 6.37. The van der Waals surface area contributed by atoms with Crippen LogP contribution < -0.4 is 5.32 Å². The monoisotopic (exact) mass is 371 g/mol. The molecule has 1 unspecified atom stereocenters. The lowest BCUT2D eigenvalue weighted by atomic mass is 10.1. The first-order valence-electron chi connectivity index (χ1n) is 9.27. The van der Waals surface area contributed by atoms with Crippen molar-refractivity contribution >= 4 is 22.3 Å². The lowest BCUT2D eigenvalue weighted by Crippen LogP contribution is -2.12. The largest absolute Gasteiger partial charge is 0.353 e. The maximum absolute atomic E-state index is 12.4. The number of carbonyl (C=O) groups is 1. The van der Waals surface area contributed by atoms with E-state index in [1.807, 2.05) is 10.9 Å². The van der Waals surface area contributed by atoms with Gasteiger partial charge in [-0.25, -0.2) is 9.00 Å². The number of fused-ring (bicyclic) bond motifs is 2. The van der Waals surface area contributed by atoms with Crippen LogP contribution in [-0.2, 0) is 36.3 Å². The van der Waals surface area contributed by atoms with Crippen LogP contribution >= 0.6 is 0 Å². The van der Waals surface area contributed by atoms with Crippen molar-refractivity contribution in [1.82, 2.24) is 14.8 Å². The molecule has 0 spiro atoms. The molecule has 0 saturated heterocycles. The molecule has 1 fully saturated rings. The van der Waals surface area contributed by atoms with E-state index in [1.54, 1.807) is 6.07 Å². The molecule has 1 saturated carbocycles. The first-order valence-corrected chi connectivity index (χ1v) is 10.5. The molecule has 0 aliphatic heterocycles. The fourth-order valence-electron chi connectivity index (χ4n) is 3.97. The maximum atomic E-state index is 12.4. The van der Waals surface area contributed by atoms with E-state index in [4.69, 9.17) is 4.98 Å². The maximum Gasteiger partial charge on any atom is 0.353 e. The number of nitrogens with one attached hydrogen (secondary N) is 1. The third-order valence-electron chi connectivity index (χ3n) is 5.38. The van der Waals surface area contributed by atoms with Gasteiger partial charge in [0.15, 0.2) is 5.03 Å². The lowest BCUT2D eigenvalue weighted by Gasteiger charge is -2.13. The summed E-state index contributed by atoms with van der Waals surface area (Å²) in [5.74, 6) is 0. The molecule has 2 aromatic heterocycles.